The van der Waals surface area contributed by atoms with Gasteiger partial charge < -0.3 is 9.88 Å². The second kappa shape index (κ2) is 8.30. The molecule has 134 valence electrons. The number of likely N-dealkylation sites (tertiary alicyclic amines) is 1. The summed E-state index contributed by atoms with van der Waals surface area (Å²) in [7, 11) is 0. The van der Waals surface area contributed by atoms with Gasteiger partial charge in [0.1, 0.15) is 5.82 Å². The average molecular weight is 340 g/mol. The topological polar surface area (TPSA) is 50.2 Å². The quantitative estimate of drug-likeness (QED) is 0.879. The molecule has 5 nitrogen and oxygen atoms in total. The highest BCUT2D eigenvalue weighted by Crippen LogP contribution is 2.20. The Labute approximate surface area is 150 Å². The van der Waals surface area contributed by atoms with Crippen LogP contribution in [0.3, 0.4) is 0 Å². The molecule has 2 heterocycles. The number of hydrogen-bond donors (Lipinski definition) is 1. The van der Waals surface area contributed by atoms with Gasteiger partial charge in [-0.2, -0.15) is 0 Å². The molecule has 1 amide bonds. The maximum absolute atomic E-state index is 12.3. The van der Waals surface area contributed by atoms with Crippen molar-refractivity contribution in [3.8, 4) is 0 Å². The third-order valence-corrected chi connectivity index (χ3v) is 5.07. The van der Waals surface area contributed by atoms with Crippen LogP contribution in [0, 0.1) is 12.8 Å². The number of carbonyl (C=O) groups is 1. The number of piperidine rings is 1. The van der Waals surface area contributed by atoms with Crippen molar-refractivity contribution in [3.63, 3.8) is 0 Å². The van der Waals surface area contributed by atoms with Crippen LogP contribution in [0.4, 0.5) is 5.69 Å². The second-order valence-electron chi connectivity index (χ2n) is 6.93. The summed E-state index contributed by atoms with van der Waals surface area (Å²) in [5.74, 6) is 1.92. The number of carbonyl (C=O) groups excluding carboxylic acids is 1. The summed E-state index contributed by atoms with van der Waals surface area (Å²) in [5.41, 5.74) is 2.01. The van der Waals surface area contributed by atoms with Crippen LogP contribution in [0.1, 0.15) is 31.2 Å². The van der Waals surface area contributed by atoms with Crippen LogP contribution in [-0.4, -0.2) is 40.0 Å². The molecular formula is C20H28N4O. The predicted octanol–water partition coefficient (Wildman–Crippen LogP) is 3.10. The SMILES string of the molecule is CCc1nccn1CC1CCN(CC(=O)Nc2ccccc2C)CC1. The summed E-state index contributed by atoms with van der Waals surface area (Å²) < 4.78 is 2.28. The smallest absolute Gasteiger partial charge is 0.238 e. The maximum Gasteiger partial charge on any atom is 0.238 e. The van der Waals surface area contributed by atoms with Crippen LogP contribution in [-0.2, 0) is 17.8 Å². The molecule has 1 aliphatic rings. The van der Waals surface area contributed by atoms with Crippen molar-refractivity contribution in [2.24, 2.45) is 5.92 Å². The fourth-order valence-corrected chi connectivity index (χ4v) is 3.53. The van der Waals surface area contributed by atoms with E-state index in [2.05, 4.69) is 32.9 Å². The fraction of sp³-hybridized carbons (Fsp3) is 0.500. The van der Waals surface area contributed by atoms with Crippen molar-refractivity contribution >= 4 is 11.6 Å². The first kappa shape index (κ1) is 17.7. The van der Waals surface area contributed by atoms with Gasteiger partial charge in [0, 0.05) is 31.0 Å². The van der Waals surface area contributed by atoms with E-state index in [0.29, 0.717) is 12.5 Å². The van der Waals surface area contributed by atoms with Gasteiger partial charge in [-0.05, 0) is 50.4 Å². The first-order chi connectivity index (χ1) is 12.2. The van der Waals surface area contributed by atoms with Crippen LogP contribution < -0.4 is 5.32 Å². The summed E-state index contributed by atoms with van der Waals surface area (Å²) in [5, 5.41) is 3.03. The molecule has 1 saturated heterocycles. The number of anilines is 1. The van der Waals surface area contributed by atoms with Crippen molar-refractivity contribution in [3.05, 3.63) is 48.0 Å². The molecule has 5 heteroatoms. The lowest BCUT2D eigenvalue weighted by atomic mass is 9.96. The monoisotopic (exact) mass is 340 g/mol. The molecule has 0 spiro atoms. The fourth-order valence-electron chi connectivity index (χ4n) is 3.53. The van der Waals surface area contributed by atoms with E-state index in [9.17, 15) is 4.79 Å². The van der Waals surface area contributed by atoms with Crippen molar-refractivity contribution in [1.29, 1.82) is 0 Å². The Morgan fingerprint density at radius 2 is 2.04 bits per heavy atom. The number of aromatic nitrogens is 2. The number of benzene rings is 1. The normalized spacial score (nSPS) is 16.1. The summed E-state index contributed by atoms with van der Waals surface area (Å²) >= 11 is 0. The van der Waals surface area contributed by atoms with Crippen molar-refractivity contribution in [2.75, 3.05) is 25.0 Å². The zero-order valence-corrected chi connectivity index (χ0v) is 15.2. The van der Waals surface area contributed by atoms with E-state index >= 15 is 0 Å². The summed E-state index contributed by atoms with van der Waals surface area (Å²) in [6.07, 6.45) is 7.23. The average Bonchev–Trinajstić information content (AvgIpc) is 3.06. The number of amides is 1. The highest BCUT2D eigenvalue weighted by atomic mass is 16.2. The third kappa shape index (κ3) is 4.69. The summed E-state index contributed by atoms with van der Waals surface area (Å²) in [6, 6.07) is 7.91. The van der Waals surface area contributed by atoms with E-state index in [1.54, 1.807) is 0 Å². The van der Waals surface area contributed by atoms with Crippen LogP contribution in [0.25, 0.3) is 0 Å². The molecule has 0 aliphatic carbocycles. The van der Waals surface area contributed by atoms with Gasteiger partial charge in [-0.15, -0.1) is 0 Å². The zero-order chi connectivity index (χ0) is 17.6. The molecule has 0 unspecified atom stereocenters. The molecule has 0 radical (unpaired) electrons. The Morgan fingerprint density at radius 1 is 1.28 bits per heavy atom. The van der Waals surface area contributed by atoms with E-state index in [-0.39, 0.29) is 5.91 Å². The number of nitrogens with zero attached hydrogens (tertiary/aromatic N) is 3. The van der Waals surface area contributed by atoms with Gasteiger partial charge in [0.05, 0.1) is 6.54 Å². The number of nitrogens with one attached hydrogen (secondary N) is 1. The standard InChI is InChI=1S/C20H28N4O/c1-3-19-21-10-13-24(19)14-17-8-11-23(12-9-17)15-20(25)22-18-7-5-4-6-16(18)2/h4-7,10,13,17H,3,8-9,11-12,14-15H2,1-2H3,(H,22,25). The van der Waals surface area contributed by atoms with Gasteiger partial charge in [-0.3, -0.25) is 9.69 Å². The molecule has 1 aliphatic heterocycles. The highest BCUT2D eigenvalue weighted by molar-refractivity contribution is 5.92. The minimum absolute atomic E-state index is 0.0793. The number of para-hydroxylation sites is 1. The number of rotatable bonds is 6. The highest BCUT2D eigenvalue weighted by Gasteiger charge is 2.21. The molecule has 25 heavy (non-hydrogen) atoms. The molecule has 3 rings (SSSR count). The lowest BCUT2D eigenvalue weighted by molar-refractivity contribution is -0.117. The Hall–Kier alpha value is -2.14. The molecular weight excluding hydrogens is 312 g/mol. The Kier molecular flexibility index (Phi) is 5.87. The van der Waals surface area contributed by atoms with E-state index in [1.165, 1.54) is 5.82 Å². The summed E-state index contributed by atoms with van der Waals surface area (Å²) in [4.78, 5) is 19.0. The van der Waals surface area contributed by atoms with E-state index in [0.717, 1.165) is 50.1 Å². The Morgan fingerprint density at radius 3 is 2.76 bits per heavy atom. The first-order valence-electron chi connectivity index (χ1n) is 9.23. The van der Waals surface area contributed by atoms with E-state index in [1.807, 2.05) is 37.4 Å². The predicted molar refractivity (Wildman–Crippen MR) is 101 cm³/mol. The minimum atomic E-state index is 0.0793. The second-order valence-corrected chi connectivity index (χ2v) is 6.93. The van der Waals surface area contributed by atoms with Gasteiger partial charge in [0.2, 0.25) is 5.91 Å². The van der Waals surface area contributed by atoms with Gasteiger partial charge >= 0.3 is 0 Å². The largest absolute Gasteiger partial charge is 0.335 e. The van der Waals surface area contributed by atoms with Gasteiger partial charge in [0.15, 0.2) is 0 Å². The molecule has 0 bridgehead atoms. The van der Waals surface area contributed by atoms with Crippen LogP contribution in [0.15, 0.2) is 36.7 Å². The van der Waals surface area contributed by atoms with Gasteiger partial charge in [0.25, 0.3) is 0 Å². The van der Waals surface area contributed by atoms with Crippen molar-refractivity contribution < 1.29 is 4.79 Å². The summed E-state index contributed by atoms with van der Waals surface area (Å²) in [6.45, 7) is 7.67. The Balaban J connectivity index is 1.44. The molecule has 2 aromatic rings. The molecule has 0 atom stereocenters. The van der Waals surface area contributed by atoms with Crippen molar-refractivity contribution in [1.82, 2.24) is 14.5 Å². The van der Waals surface area contributed by atoms with Crippen LogP contribution in [0.2, 0.25) is 0 Å². The van der Waals surface area contributed by atoms with E-state index < -0.39 is 0 Å². The third-order valence-electron chi connectivity index (χ3n) is 5.07. The van der Waals surface area contributed by atoms with Crippen LogP contribution >= 0.6 is 0 Å². The van der Waals surface area contributed by atoms with E-state index in [4.69, 9.17) is 0 Å². The molecule has 1 aromatic heterocycles. The maximum atomic E-state index is 12.3. The van der Waals surface area contributed by atoms with Gasteiger partial charge in [-0.1, -0.05) is 25.1 Å². The number of aryl methyl sites for hydroxylation is 2. The lowest BCUT2D eigenvalue weighted by Gasteiger charge is -2.31. The van der Waals surface area contributed by atoms with Crippen molar-refractivity contribution in [2.45, 2.75) is 39.7 Å². The molecule has 0 saturated carbocycles. The Bertz CT molecular complexity index is 701. The molecule has 1 N–H and O–H groups in total. The lowest BCUT2D eigenvalue weighted by Crippen LogP contribution is -2.40. The molecule has 1 aromatic carbocycles. The van der Waals surface area contributed by atoms with Gasteiger partial charge in [-0.25, -0.2) is 4.98 Å². The van der Waals surface area contributed by atoms with Crippen LogP contribution in [0.5, 0.6) is 0 Å². The number of imidazole rings is 1. The molecule has 1 fully saturated rings. The zero-order valence-electron chi connectivity index (χ0n) is 15.2. The minimum Gasteiger partial charge on any atom is -0.335 e. The first-order valence-corrected chi connectivity index (χ1v) is 9.23. The number of hydrogen-bond acceptors (Lipinski definition) is 3.